The van der Waals surface area contributed by atoms with Gasteiger partial charge in [0.25, 0.3) is 0 Å². The summed E-state index contributed by atoms with van der Waals surface area (Å²) in [7, 11) is 0. The molecule has 0 unspecified atom stereocenters. The molecule has 1 aromatic heterocycles. The average molecular weight is 161 g/mol. The summed E-state index contributed by atoms with van der Waals surface area (Å²) in [5.41, 5.74) is 0. The van der Waals surface area contributed by atoms with Crippen molar-refractivity contribution in [1.82, 2.24) is 9.66 Å². The second kappa shape index (κ2) is 1.56. The third kappa shape index (κ3) is 0.759. The Bertz CT molecular complexity index is 142. The first-order valence-electron chi connectivity index (χ1n) is 1.76. The van der Waals surface area contributed by atoms with Crippen molar-refractivity contribution in [2.75, 3.05) is 5.84 Å². The number of rotatable bonds is 0. The molecule has 3 nitrogen and oxygen atoms in total. The van der Waals surface area contributed by atoms with Crippen LogP contribution in [0, 0.1) is 0 Å². The molecule has 0 aromatic carbocycles. The number of nitrogen functional groups attached to an aromatic ring is 1. The third-order valence-electron chi connectivity index (χ3n) is 0.633. The van der Waals surface area contributed by atoms with Gasteiger partial charge in [0.05, 0.1) is 0 Å². The predicted molar refractivity (Wildman–Crippen MR) is 27.8 cm³/mol. The predicted octanol–water partition coefficient (Wildman–Crippen LogP) is -1.61. The van der Waals surface area contributed by atoms with Gasteiger partial charge in [0.15, 0.2) is 0 Å². The van der Waals surface area contributed by atoms with Crippen LogP contribution in [-0.4, -0.2) is 25.7 Å². The van der Waals surface area contributed by atoms with Crippen molar-refractivity contribution in [3.05, 3.63) is 12.4 Å². The van der Waals surface area contributed by atoms with E-state index in [0.29, 0.717) is 4.72 Å². The summed E-state index contributed by atoms with van der Waals surface area (Å²) in [6, 6.07) is 0. The summed E-state index contributed by atoms with van der Waals surface area (Å²) in [5.74, 6) is 5.26. The number of imidazole rings is 1. The Morgan fingerprint density at radius 3 is 2.71 bits per heavy atom. The van der Waals surface area contributed by atoms with Gasteiger partial charge in [-0.25, -0.2) is 0 Å². The summed E-state index contributed by atoms with van der Waals surface area (Å²) >= 11 is 2.68. The average Bonchev–Trinajstić information content (AvgIpc) is 1.91. The van der Waals surface area contributed by atoms with Crippen LogP contribution in [0.5, 0.6) is 0 Å². The van der Waals surface area contributed by atoms with Gasteiger partial charge in [-0.3, -0.25) is 0 Å². The fourth-order valence-electron chi connectivity index (χ4n) is 0.299. The molecular formula is C3H4N3Se. The van der Waals surface area contributed by atoms with E-state index < -0.39 is 0 Å². The van der Waals surface area contributed by atoms with E-state index in [2.05, 4.69) is 21.0 Å². The van der Waals surface area contributed by atoms with E-state index in [0.717, 1.165) is 0 Å². The third-order valence-corrected chi connectivity index (χ3v) is 1.30. The summed E-state index contributed by atoms with van der Waals surface area (Å²) in [5, 5.41) is 0. The zero-order valence-electron chi connectivity index (χ0n) is 3.53. The molecule has 0 saturated carbocycles. The SMILES string of the molecule is Nn1ccnc1[Se]. The Hall–Kier alpha value is -0.471. The fourth-order valence-corrected chi connectivity index (χ4v) is 0.555. The summed E-state index contributed by atoms with van der Waals surface area (Å²) in [6.07, 6.45) is 3.30. The zero-order valence-corrected chi connectivity index (χ0v) is 5.25. The van der Waals surface area contributed by atoms with Gasteiger partial charge in [-0.15, -0.1) is 0 Å². The van der Waals surface area contributed by atoms with Gasteiger partial charge in [-0.05, 0) is 0 Å². The quantitative estimate of drug-likeness (QED) is 0.367. The molecule has 4 heteroatoms. The van der Waals surface area contributed by atoms with Gasteiger partial charge >= 0.3 is 48.6 Å². The van der Waals surface area contributed by atoms with Gasteiger partial charge in [0.2, 0.25) is 0 Å². The van der Waals surface area contributed by atoms with E-state index in [1.807, 2.05) is 0 Å². The molecule has 0 aliphatic heterocycles. The number of aromatic nitrogens is 2. The fraction of sp³-hybridized carbons (Fsp3) is 0. The van der Waals surface area contributed by atoms with Crippen molar-refractivity contribution < 1.29 is 0 Å². The molecule has 2 N–H and O–H groups in total. The molecule has 0 bridgehead atoms. The first kappa shape index (κ1) is 4.68. The molecular weight excluding hydrogens is 157 g/mol. The maximum atomic E-state index is 5.26. The normalized spacial score (nSPS) is 9.14. The Balaban J connectivity index is 3.12. The summed E-state index contributed by atoms with van der Waals surface area (Å²) in [4.78, 5) is 3.80. The van der Waals surface area contributed by atoms with Gasteiger partial charge in [-0.2, -0.15) is 0 Å². The zero-order chi connectivity index (χ0) is 5.28. The van der Waals surface area contributed by atoms with E-state index in [1.165, 1.54) is 4.68 Å². The molecule has 0 amide bonds. The van der Waals surface area contributed by atoms with Crippen molar-refractivity contribution in [2.24, 2.45) is 0 Å². The Morgan fingerprint density at radius 1 is 1.86 bits per heavy atom. The van der Waals surface area contributed by atoms with Crippen molar-refractivity contribution >= 4 is 20.7 Å². The minimum absolute atomic E-state index is 0.708. The van der Waals surface area contributed by atoms with Crippen molar-refractivity contribution in [2.45, 2.75) is 0 Å². The molecule has 0 spiro atoms. The van der Waals surface area contributed by atoms with Gasteiger partial charge in [-0.1, -0.05) is 0 Å². The van der Waals surface area contributed by atoms with E-state index in [-0.39, 0.29) is 0 Å². The molecule has 0 saturated heterocycles. The molecule has 0 atom stereocenters. The van der Waals surface area contributed by atoms with E-state index >= 15 is 0 Å². The molecule has 1 radical (unpaired) electrons. The van der Waals surface area contributed by atoms with Crippen molar-refractivity contribution in [1.29, 1.82) is 0 Å². The second-order valence-corrected chi connectivity index (χ2v) is 1.88. The molecule has 0 aliphatic rings. The van der Waals surface area contributed by atoms with Crippen LogP contribution in [-0.2, 0) is 0 Å². The van der Waals surface area contributed by atoms with Gasteiger partial charge in [0.1, 0.15) is 0 Å². The molecule has 0 fully saturated rings. The Labute approximate surface area is 49.3 Å². The van der Waals surface area contributed by atoms with Gasteiger partial charge in [0, 0.05) is 0 Å². The maximum absolute atomic E-state index is 5.26. The molecule has 1 aromatic rings. The topological polar surface area (TPSA) is 43.8 Å². The Kier molecular flexibility index (Phi) is 1.04. The first-order valence-corrected chi connectivity index (χ1v) is 2.62. The number of nitrogens with zero attached hydrogens (tertiary/aromatic N) is 2. The van der Waals surface area contributed by atoms with E-state index in [4.69, 9.17) is 5.84 Å². The van der Waals surface area contributed by atoms with E-state index in [9.17, 15) is 0 Å². The van der Waals surface area contributed by atoms with Crippen LogP contribution >= 0.6 is 0 Å². The van der Waals surface area contributed by atoms with Crippen LogP contribution in [0.3, 0.4) is 0 Å². The molecule has 7 heavy (non-hydrogen) atoms. The number of nitrogens with two attached hydrogens (primary N) is 1. The van der Waals surface area contributed by atoms with Crippen LogP contribution in [0.1, 0.15) is 0 Å². The molecule has 37 valence electrons. The van der Waals surface area contributed by atoms with E-state index in [1.54, 1.807) is 12.4 Å². The monoisotopic (exact) mass is 162 g/mol. The van der Waals surface area contributed by atoms with Crippen LogP contribution in [0.25, 0.3) is 0 Å². The standard InChI is InChI=1S/C3H4N3Se/c4-6-2-1-5-3(6)7/h1-2H,4H2. The van der Waals surface area contributed by atoms with Crippen LogP contribution < -0.4 is 10.6 Å². The van der Waals surface area contributed by atoms with Crippen molar-refractivity contribution in [3.63, 3.8) is 0 Å². The molecule has 1 heterocycles. The van der Waals surface area contributed by atoms with Crippen LogP contribution in [0.15, 0.2) is 12.4 Å². The summed E-state index contributed by atoms with van der Waals surface area (Å²) < 4.78 is 2.12. The van der Waals surface area contributed by atoms with Crippen LogP contribution in [0.2, 0.25) is 0 Å². The number of hydrogen-bond acceptors (Lipinski definition) is 2. The summed E-state index contributed by atoms with van der Waals surface area (Å²) in [6.45, 7) is 0. The van der Waals surface area contributed by atoms with Crippen molar-refractivity contribution in [3.8, 4) is 0 Å². The molecule has 0 aliphatic carbocycles. The van der Waals surface area contributed by atoms with Crippen LogP contribution in [0.4, 0.5) is 0 Å². The molecule has 1 rings (SSSR count). The second-order valence-electron chi connectivity index (χ2n) is 1.12. The van der Waals surface area contributed by atoms with Gasteiger partial charge < -0.3 is 0 Å². The minimum atomic E-state index is 0.708. The number of hydrogen-bond donors (Lipinski definition) is 1. The first-order chi connectivity index (χ1) is 3.30. The Morgan fingerprint density at radius 2 is 2.57 bits per heavy atom.